The van der Waals surface area contributed by atoms with E-state index in [1.807, 2.05) is 24.5 Å². The molecule has 1 aromatic heterocycles. The van der Waals surface area contributed by atoms with Gasteiger partial charge in [0.05, 0.1) is 46.9 Å². The van der Waals surface area contributed by atoms with Gasteiger partial charge in [-0.2, -0.15) is 5.26 Å². The van der Waals surface area contributed by atoms with Crippen LogP contribution in [0.2, 0.25) is 0 Å². The van der Waals surface area contributed by atoms with Crippen molar-refractivity contribution < 1.29 is 19.2 Å². The van der Waals surface area contributed by atoms with Crippen LogP contribution in [0, 0.1) is 35.3 Å². The second-order valence-corrected chi connectivity index (χ2v) is 8.81. The zero-order valence-corrected chi connectivity index (χ0v) is 20.0. The van der Waals surface area contributed by atoms with Gasteiger partial charge in [-0.25, -0.2) is 0 Å². The van der Waals surface area contributed by atoms with E-state index in [1.54, 1.807) is 36.4 Å². The van der Waals surface area contributed by atoms with Crippen LogP contribution in [0.25, 0.3) is 11.8 Å². The molecule has 0 radical (unpaired) electrons. The minimum atomic E-state index is -0.488. The largest absolute Gasteiger partial charge is 0.494 e. The van der Waals surface area contributed by atoms with Gasteiger partial charge in [-0.1, -0.05) is 18.2 Å². The molecule has 0 bridgehead atoms. The number of imide groups is 1. The molecule has 176 valence electrons. The third-order valence-electron chi connectivity index (χ3n) is 5.71. The number of aryl methyl sites for hydroxylation is 1. The van der Waals surface area contributed by atoms with E-state index in [-0.39, 0.29) is 17.1 Å². The van der Waals surface area contributed by atoms with E-state index in [0.29, 0.717) is 22.6 Å². The van der Waals surface area contributed by atoms with Crippen molar-refractivity contribution in [1.29, 1.82) is 5.26 Å². The second-order valence-electron chi connectivity index (χ2n) is 7.81. The first-order valence-electron chi connectivity index (χ1n) is 10.5. The Morgan fingerprint density at radius 2 is 1.91 bits per heavy atom. The van der Waals surface area contributed by atoms with Crippen LogP contribution in [0.3, 0.4) is 0 Å². The molecule has 1 aliphatic heterocycles. The normalized spacial score (nSPS) is 14.5. The van der Waals surface area contributed by atoms with Gasteiger partial charge in [-0.15, -0.1) is 0 Å². The van der Waals surface area contributed by atoms with Crippen LogP contribution in [0.4, 0.5) is 10.5 Å². The Kier molecular flexibility index (Phi) is 6.44. The molecular weight excluding hydrogens is 468 g/mol. The van der Waals surface area contributed by atoms with Gasteiger partial charge in [0.2, 0.25) is 0 Å². The summed E-state index contributed by atoms with van der Waals surface area (Å²) < 4.78 is 7.27. The molecule has 0 aliphatic carbocycles. The van der Waals surface area contributed by atoms with Gasteiger partial charge in [0, 0.05) is 17.5 Å². The van der Waals surface area contributed by atoms with E-state index < -0.39 is 16.1 Å². The Bertz CT molecular complexity index is 1450. The molecule has 0 saturated carbocycles. The first kappa shape index (κ1) is 23.8. The summed E-state index contributed by atoms with van der Waals surface area (Å²) in [5.41, 5.74) is 3.87. The standard InChI is InChI=1S/C25H20N4O5S/c1-15-10-19(16(2)28(15)21-9-8-20(29(32)33)12-22(21)34-3)11-23-24(30)27(25(31)35-23)14-18-7-5-4-6-17(18)13-26/h4-12H,14H2,1-3H3/b23-11+. The van der Waals surface area contributed by atoms with E-state index in [1.165, 1.54) is 19.2 Å². The minimum absolute atomic E-state index is 0.0186. The van der Waals surface area contributed by atoms with Crippen molar-refractivity contribution in [3.8, 4) is 17.5 Å². The van der Waals surface area contributed by atoms with Crippen LogP contribution in [-0.4, -0.2) is 32.6 Å². The number of rotatable bonds is 6. The lowest BCUT2D eigenvalue weighted by Crippen LogP contribution is -2.27. The van der Waals surface area contributed by atoms with Gasteiger partial charge in [0.25, 0.3) is 16.8 Å². The van der Waals surface area contributed by atoms with E-state index >= 15 is 0 Å². The highest BCUT2D eigenvalue weighted by Crippen LogP contribution is 2.36. The monoisotopic (exact) mass is 488 g/mol. The highest BCUT2D eigenvalue weighted by Gasteiger charge is 2.35. The summed E-state index contributed by atoms with van der Waals surface area (Å²) in [6.07, 6.45) is 1.66. The molecule has 0 atom stereocenters. The fourth-order valence-electron chi connectivity index (χ4n) is 3.98. The Morgan fingerprint density at radius 3 is 2.60 bits per heavy atom. The third kappa shape index (κ3) is 4.41. The molecule has 0 spiro atoms. The van der Waals surface area contributed by atoms with Crippen molar-refractivity contribution in [3.05, 3.63) is 91.6 Å². The molecule has 10 heteroatoms. The number of aromatic nitrogens is 1. The topological polar surface area (TPSA) is 118 Å². The number of methoxy groups -OCH3 is 1. The summed E-state index contributed by atoms with van der Waals surface area (Å²) in [7, 11) is 1.44. The molecule has 0 N–H and O–H groups in total. The van der Waals surface area contributed by atoms with Crippen molar-refractivity contribution >= 4 is 34.7 Å². The number of nitro benzene ring substituents is 1. The highest BCUT2D eigenvalue weighted by molar-refractivity contribution is 8.18. The van der Waals surface area contributed by atoms with Gasteiger partial charge in [-0.3, -0.25) is 24.6 Å². The summed E-state index contributed by atoms with van der Waals surface area (Å²) in [6, 6.07) is 15.2. The number of amides is 2. The van der Waals surface area contributed by atoms with E-state index in [9.17, 15) is 25.0 Å². The number of hydrogen-bond donors (Lipinski definition) is 0. The lowest BCUT2D eigenvalue weighted by molar-refractivity contribution is -0.384. The maximum atomic E-state index is 13.0. The quantitative estimate of drug-likeness (QED) is 0.268. The molecule has 2 amide bonds. The number of ether oxygens (including phenoxy) is 1. The highest BCUT2D eigenvalue weighted by atomic mass is 32.2. The molecular formula is C25H20N4O5S. The van der Waals surface area contributed by atoms with Gasteiger partial charge < -0.3 is 9.30 Å². The zero-order chi connectivity index (χ0) is 25.3. The van der Waals surface area contributed by atoms with Crippen LogP contribution in [-0.2, 0) is 11.3 Å². The molecule has 1 fully saturated rings. The van der Waals surface area contributed by atoms with Gasteiger partial charge in [0.1, 0.15) is 5.75 Å². The lowest BCUT2D eigenvalue weighted by Gasteiger charge is -2.14. The smallest absolute Gasteiger partial charge is 0.293 e. The summed E-state index contributed by atoms with van der Waals surface area (Å²) in [4.78, 5) is 37.7. The summed E-state index contributed by atoms with van der Waals surface area (Å²) >= 11 is 0.848. The predicted molar refractivity (Wildman–Crippen MR) is 131 cm³/mol. The fraction of sp³-hybridized carbons (Fsp3) is 0.160. The van der Waals surface area contributed by atoms with Crippen molar-refractivity contribution in [3.63, 3.8) is 0 Å². The predicted octanol–water partition coefficient (Wildman–Crippen LogP) is 5.12. The first-order valence-corrected chi connectivity index (χ1v) is 11.3. The average molecular weight is 489 g/mol. The fourth-order valence-corrected chi connectivity index (χ4v) is 4.81. The van der Waals surface area contributed by atoms with Gasteiger partial charge in [0.15, 0.2) is 0 Å². The molecule has 2 aromatic carbocycles. The number of non-ortho nitro benzene ring substituents is 1. The first-order chi connectivity index (χ1) is 16.7. The van der Waals surface area contributed by atoms with Crippen LogP contribution in [0.1, 0.15) is 28.1 Å². The maximum Gasteiger partial charge on any atom is 0.293 e. The molecule has 4 rings (SSSR count). The molecule has 2 heterocycles. The number of nitriles is 1. The Balaban J connectivity index is 1.67. The van der Waals surface area contributed by atoms with Crippen molar-refractivity contribution in [1.82, 2.24) is 9.47 Å². The van der Waals surface area contributed by atoms with Crippen LogP contribution >= 0.6 is 11.8 Å². The number of carbonyl (C=O) groups excluding carboxylic acids is 2. The van der Waals surface area contributed by atoms with E-state index in [4.69, 9.17) is 4.74 Å². The Labute approximate surface area is 205 Å². The molecule has 1 saturated heterocycles. The zero-order valence-electron chi connectivity index (χ0n) is 19.1. The van der Waals surface area contributed by atoms with Crippen LogP contribution in [0.5, 0.6) is 5.75 Å². The maximum absolute atomic E-state index is 13.0. The summed E-state index contributed by atoms with van der Waals surface area (Å²) in [5.74, 6) is -0.0884. The average Bonchev–Trinajstić information content (AvgIpc) is 3.27. The van der Waals surface area contributed by atoms with Crippen LogP contribution in [0.15, 0.2) is 53.4 Å². The van der Waals surface area contributed by atoms with Gasteiger partial charge in [-0.05, 0) is 61.0 Å². The summed E-state index contributed by atoms with van der Waals surface area (Å²) in [6.45, 7) is 3.74. The Morgan fingerprint density at radius 1 is 1.17 bits per heavy atom. The lowest BCUT2D eigenvalue weighted by atomic mass is 10.1. The molecule has 9 nitrogen and oxygen atoms in total. The molecule has 1 aliphatic rings. The van der Waals surface area contributed by atoms with E-state index in [0.717, 1.165) is 33.6 Å². The number of thioether (sulfide) groups is 1. The Hall–Kier alpha value is -4.36. The number of nitrogens with zero attached hydrogens (tertiary/aromatic N) is 4. The third-order valence-corrected chi connectivity index (χ3v) is 6.62. The number of carbonyl (C=O) groups is 2. The van der Waals surface area contributed by atoms with Gasteiger partial charge >= 0.3 is 0 Å². The van der Waals surface area contributed by atoms with Crippen molar-refractivity contribution in [2.75, 3.05) is 7.11 Å². The second kappa shape index (κ2) is 9.48. The molecule has 0 unspecified atom stereocenters. The number of hydrogen-bond acceptors (Lipinski definition) is 7. The van der Waals surface area contributed by atoms with Crippen LogP contribution < -0.4 is 4.74 Å². The molecule has 3 aromatic rings. The SMILES string of the molecule is COc1cc([N+](=O)[O-])ccc1-n1c(C)cc(/C=C2/SC(=O)N(Cc3ccccc3C#N)C2=O)c1C. The minimum Gasteiger partial charge on any atom is -0.494 e. The van der Waals surface area contributed by atoms with E-state index in [2.05, 4.69) is 6.07 Å². The number of benzene rings is 2. The summed E-state index contributed by atoms with van der Waals surface area (Å²) in [5, 5.41) is 20.0. The molecule has 35 heavy (non-hydrogen) atoms. The van der Waals surface area contributed by atoms with Crippen molar-refractivity contribution in [2.24, 2.45) is 0 Å². The van der Waals surface area contributed by atoms with Crippen molar-refractivity contribution in [2.45, 2.75) is 20.4 Å². The number of nitro groups is 1.